The molecule has 0 aliphatic carbocycles. The molecule has 1 aliphatic heterocycles. The zero-order chi connectivity index (χ0) is 33.6. The van der Waals surface area contributed by atoms with Gasteiger partial charge in [0.2, 0.25) is 5.91 Å². The van der Waals surface area contributed by atoms with Crippen LogP contribution in [0.2, 0.25) is 0 Å². The number of amides is 2. The lowest BCUT2D eigenvalue weighted by Crippen LogP contribution is -2.45. The molecular formula is C33H36N8O6. The highest BCUT2D eigenvalue weighted by Crippen LogP contribution is 2.32. The molecule has 4 heterocycles. The molecule has 244 valence electrons. The van der Waals surface area contributed by atoms with Gasteiger partial charge in [-0.05, 0) is 44.2 Å². The van der Waals surface area contributed by atoms with E-state index in [0.29, 0.717) is 66.2 Å². The van der Waals surface area contributed by atoms with Crippen LogP contribution in [0.15, 0.2) is 54.6 Å². The molecule has 1 saturated heterocycles. The maximum absolute atomic E-state index is 13.6. The quantitative estimate of drug-likeness (QED) is 0.118. The van der Waals surface area contributed by atoms with Crippen LogP contribution in [-0.2, 0) is 20.9 Å². The number of likely N-dealkylation sites (tertiary alicyclic amines) is 1. The molecule has 1 aliphatic rings. The summed E-state index contributed by atoms with van der Waals surface area (Å²) in [5.74, 6) is -0.775. The minimum Gasteiger partial charge on any atom is -0.494 e. The minimum absolute atomic E-state index is 0.0446. The largest absolute Gasteiger partial charge is 0.494 e. The Morgan fingerprint density at radius 2 is 1.89 bits per heavy atom. The van der Waals surface area contributed by atoms with Crippen LogP contribution in [0.25, 0.3) is 22.3 Å². The molecule has 1 aromatic carbocycles. The molecule has 47 heavy (non-hydrogen) atoms. The number of Topliss-reactive ketones (excluding diaryl/α,β-unsaturated/α-hetero) is 1. The lowest BCUT2D eigenvalue weighted by atomic mass is 9.93. The molecule has 2 amide bonds. The summed E-state index contributed by atoms with van der Waals surface area (Å²) in [6.45, 7) is 3.94. The van der Waals surface area contributed by atoms with Crippen molar-refractivity contribution < 1.29 is 29.0 Å². The van der Waals surface area contributed by atoms with Gasteiger partial charge < -0.3 is 29.8 Å². The first kappa shape index (κ1) is 33.0. The topological polar surface area (TPSA) is 188 Å². The van der Waals surface area contributed by atoms with E-state index in [2.05, 4.69) is 31.4 Å². The number of aromatic nitrogens is 5. The molecular weight excluding hydrogens is 604 g/mol. The molecule has 4 aromatic rings. The van der Waals surface area contributed by atoms with Gasteiger partial charge in [-0.1, -0.05) is 30.3 Å². The molecule has 0 bridgehead atoms. The fourth-order valence-electron chi connectivity index (χ4n) is 5.51. The number of pyridine rings is 1. The number of benzene rings is 1. The highest BCUT2D eigenvalue weighted by atomic mass is 16.5. The van der Waals surface area contributed by atoms with Crippen LogP contribution < -0.4 is 10.1 Å². The maximum atomic E-state index is 13.6. The first-order valence-corrected chi connectivity index (χ1v) is 15.1. The second-order valence-corrected chi connectivity index (χ2v) is 11.7. The van der Waals surface area contributed by atoms with Crippen molar-refractivity contribution >= 4 is 34.1 Å². The minimum atomic E-state index is -0.698. The number of carbonyl (C=O) groups is 3. The van der Waals surface area contributed by atoms with Gasteiger partial charge in [0.25, 0.3) is 11.7 Å². The third kappa shape index (κ3) is 7.37. The Morgan fingerprint density at radius 3 is 2.57 bits per heavy atom. The highest BCUT2D eigenvalue weighted by Gasteiger charge is 2.30. The summed E-state index contributed by atoms with van der Waals surface area (Å²) in [6.07, 6.45) is 5.71. The predicted octanol–water partition coefficient (Wildman–Crippen LogP) is 2.73. The number of hydrogen-bond acceptors (Lipinski definition) is 10. The van der Waals surface area contributed by atoms with Crippen LogP contribution in [-0.4, -0.2) is 91.3 Å². The number of methoxy groups -OCH3 is 1. The van der Waals surface area contributed by atoms with E-state index in [1.165, 1.54) is 35.4 Å². The fourth-order valence-corrected chi connectivity index (χ4v) is 5.51. The third-order valence-corrected chi connectivity index (χ3v) is 7.93. The Labute approximate surface area is 271 Å². The molecule has 14 nitrogen and oxygen atoms in total. The summed E-state index contributed by atoms with van der Waals surface area (Å²) in [7, 11) is 1.45. The number of aliphatic hydroxyl groups excluding tert-OH is 1. The standard InChI is InChI=1S/C33H36N8O6/c1-33(2,11-14-42)38-27(43)19-47-18-26-37-20-41(39-26)31-29-28(25(46-3)17-36-31)24(16-35-29)30(44)32(45)40-12-9-22(10-13-40)23(15-34)21-7-5-4-6-8-21/h4-8,16-17,20,35,42H,9-14,18-19H2,1-3H3,(H,38,43). The molecule has 14 heteroatoms. The summed E-state index contributed by atoms with van der Waals surface area (Å²) in [6, 6.07) is 11.7. The molecule has 1 fully saturated rings. The highest BCUT2D eigenvalue weighted by molar-refractivity contribution is 6.45. The smallest absolute Gasteiger partial charge is 0.295 e. The number of nitrogens with zero attached hydrogens (tertiary/aromatic N) is 6. The zero-order valence-corrected chi connectivity index (χ0v) is 26.4. The van der Waals surface area contributed by atoms with Gasteiger partial charge in [0.1, 0.15) is 25.3 Å². The molecule has 0 atom stereocenters. The number of fused-ring (bicyclic) bond motifs is 1. The van der Waals surface area contributed by atoms with Gasteiger partial charge in [0.05, 0.1) is 41.4 Å². The van der Waals surface area contributed by atoms with Crippen LogP contribution >= 0.6 is 0 Å². The normalized spacial score (nSPS) is 13.3. The average Bonchev–Trinajstić information content (AvgIpc) is 3.73. The van der Waals surface area contributed by atoms with Crippen LogP contribution in [0.1, 0.15) is 54.9 Å². The number of nitrogens with one attached hydrogen (secondary N) is 2. The Bertz CT molecular complexity index is 1840. The number of aliphatic hydroxyl groups is 1. The lowest BCUT2D eigenvalue weighted by Gasteiger charge is -2.28. The molecule has 0 unspecified atom stereocenters. The van der Waals surface area contributed by atoms with Crippen molar-refractivity contribution in [2.24, 2.45) is 0 Å². The second kappa shape index (κ2) is 14.4. The zero-order valence-electron chi connectivity index (χ0n) is 26.4. The number of piperidine rings is 1. The predicted molar refractivity (Wildman–Crippen MR) is 170 cm³/mol. The Morgan fingerprint density at radius 1 is 1.15 bits per heavy atom. The van der Waals surface area contributed by atoms with Crippen molar-refractivity contribution in [3.63, 3.8) is 0 Å². The van der Waals surface area contributed by atoms with Crippen molar-refractivity contribution in [2.45, 2.75) is 45.3 Å². The van der Waals surface area contributed by atoms with Gasteiger partial charge in [-0.15, -0.1) is 5.10 Å². The summed E-state index contributed by atoms with van der Waals surface area (Å²) in [4.78, 5) is 52.4. The van der Waals surface area contributed by atoms with Gasteiger partial charge in [0, 0.05) is 31.4 Å². The molecule has 5 rings (SSSR count). The number of ether oxygens (including phenoxy) is 2. The van der Waals surface area contributed by atoms with Crippen LogP contribution in [0.4, 0.5) is 0 Å². The van der Waals surface area contributed by atoms with Crippen LogP contribution in [0, 0.1) is 11.3 Å². The van der Waals surface area contributed by atoms with Gasteiger partial charge in [-0.2, -0.15) is 5.26 Å². The van der Waals surface area contributed by atoms with Crippen molar-refractivity contribution in [3.05, 3.63) is 71.6 Å². The van der Waals surface area contributed by atoms with E-state index in [0.717, 1.165) is 11.1 Å². The molecule has 0 saturated carbocycles. The molecule has 3 aromatic heterocycles. The van der Waals surface area contributed by atoms with E-state index < -0.39 is 17.2 Å². The summed E-state index contributed by atoms with van der Waals surface area (Å²) in [5.41, 5.74) is 2.38. The number of hydrogen-bond donors (Lipinski definition) is 3. The van der Waals surface area contributed by atoms with Gasteiger partial charge in [-0.25, -0.2) is 14.6 Å². The SMILES string of the molecule is COc1cnc(-n2cnc(COCC(=O)NC(C)(C)CCO)n2)c2[nH]cc(C(=O)C(=O)N3CCC(=C(C#N)c4ccccc4)CC3)c12. The van der Waals surface area contributed by atoms with Gasteiger partial charge in [-0.3, -0.25) is 14.4 Å². The van der Waals surface area contributed by atoms with Crippen molar-refractivity contribution in [2.75, 3.05) is 33.4 Å². The average molecular weight is 641 g/mol. The summed E-state index contributed by atoms with van der Waals surface area (Å²) >= 11 is 0. The van der Waals surface area contributed by atoms with Gasteiger partial charge >= 0.3 is 0 Å². The van der Waals surface area contributed by atoms with E-state index in [-0.39, 0.29) is 31.3 Å². The number of aromatic amines is 1. The number of rotatable bonds is 12. The number of ketones is 1. The first-order valence-electron chi connectivity index (χ1n) is 15.1. The van der Waals surface area contributed by atoms with Crippen LogP contribution in [0.5, 0.6) is 5.75 Å². The number of allylic oxidation sites excluding steroid dienone is 1. The number of H-pyrrole nitrogens is 1. The maximum Gasteiger partial charge on any atom is 0.295 e. The number of carbonyl (C=O) groups excluding carboxylic acids is 3. The molecule has 0 spiro atoms. The monoisotopic (exact) mass is 640 g/mol. The van der Waals surface area contributed by atoms with Crippen molar-refractivity contribution in [1.29, 1.82) is 5.26 Å². The Balaban J connectivity index is 1.29. The first-order chi connectivity index (χ1) is 22.7. The van der Waals surface area contributed by atoms with E-state index >= 15 is 0 Å². The summed E-state index contributed by atoms with van der Waals surface area (Å²) in [5, 5.41) is 26.5. The Hall–Kier alpha value is -5.39. The van der Waals surface area contributed by atoms with Gasteiger partial charge in [0.15, 0.2) is 11.6 Å². The lowest BCUT2D eigenvalue weighted by molar-refractivity contribution is -0.128. The van der Waals surface area contributed by atoms with Crippen molar-refractivity contribution in [3.8, 4) is 17.6 Å². The van der Waals surface area contributed by atoms with E-state index in [1.54, 1.807) is 0 Å². The Kier molecular flexibility index (Phi) is 10.1. The second-order valence-electron chi connectivity index (χ2n) is 11.7. The van der Waals surface area contributed by atoms with E-state index in [4.69, 9.17) is 14.6 Å². The van der Waals surface area contributed by atoms with Crippen LogP contribution in [0.3, 0.4) is 0 Å². The fraction of sp³-hybridized carbons (Fsp3) is 0.364. The van der Waals surface area contributed by atoms with Crippen molar-refractivity contribution in [1.82, 2.24) is 34.9 Å². The number of nitriles is 1. The van der Waals surface area contributed by atoms with E-state index in [9.17, 15) is 19.6 Å². The molecule has 0 radical (unpaired) electrons. The summed E-state index contributed by atoms with van der Waals surface area (Å²) < 4.78 is 12.4. The molecule has 3 N–H and O–H groups in total. The van der Waals surface area contributed by atoms with E-state index in [1.807, 2.05) is 44.2 Å². The third-order valence-electron chi connectivity index (χ3n) is 7.93.